The predicted octanol–water partition coefficient (Wildman–Crippen LogP) is 3.76. The molecule has 1 aromatic carbocycles. The van der Waals surface area contributed by atoms with Crippen molar-refractivity contribution in [1.82, 2.24) is 5.32 Å². The normalized spacial score (nSPS) is 14.6. The molecule has 2 rings (SSSR count). The minimum atomic E-state index is -1.22. The highest BCUT2D eigenvalue weighted by molar-refractivity contribution is 9.10. The summed E-state index contributed by atoms with van der Waals surface area (Å²) in [7, 11) is 0. The minimum Gasteiger partial charge on any atom is -0.462 e. The van der Waals surface area contributed by atoms with E-state index in [0.717, 1.165) is 18.9 Å². The fourth-order valence-corrected chi connectivity index (χ4v) is 2.51. The maximum absolute atomic E-state index is 14.1. The Morgan fingerprint density at radius 2 is 2.09 bits per heavy atom. The van der Waals surface area contributed by atoms with Crippen LogP contribution in [0.2, 0.25) is 5.02 Å². The van der Waals surface area contributed by atoms with Gasteiger partial charge < -0.3 is 10.1 Å². The van der Waals surface area contributed by atoms with Gasteiger partial charge in [-0.1, -0.05) is 11.6 Å². The molecule has 1 saturated carbocycles. The van der Waals surface area contributed by atoms with E-state index in [2.05, 4.69) is 21.2 Å². The number of benzene rings is 1. The average Bonchev–Trinajstić information content (AvgIpc) is 3.33. The maximum atomic E-state index is 14.1. The smallest absolute Gasteiger partial charge is 0.343 e. The number of hydrogen-bond donors (Lipinski definition) is 1. The topological polar surface area (TPSA) is 55.4 Å². The van der Waals surface area contributed by atoms with E-state index in [1.54, 1.807) is 6.92 Å². The Kier molecular flexibility index (Phi) is 5.75. The van der Waals surface area contributed by atoms with E-state index < -0.39 is 34.0 Å². The number of esters is 1. The molecule has 0 atom stereocenters. The quantitative estimate of drug-likeness (QED) is 0.148. The van der Waals surface area contributed by atoms with Gasteiger partial charge in [0.2, 0.25) is 5.78 Å². The molecule has 1 fully saturated rings. The molecule has 0 unspecified atom stereocenters. The molecule has 0 spiro atoms. The molecule has 0 amide bonds. The molecule has 1 aromatic rings. The number of carbonyl (C=O) groups excluding carboxylic acids is 2. The third kappa shape index (κ3) is 4.09. The summed E-state index contributed by atoms with van der Waals surface area (Å²) in [4.78, 5) is 24.4. The second-order valence-electron chi connectivity index (χ2n) is 4.90. The first-order valence-electron chi connectivity index (χ1n) is 6.87. The molecule has 4 nitrogen and oxygen atoms in total. The van der Waals surface area contributed by atoms with E-state index >= 15 is 0 Å². The van der Waals surface area contributed by atoms with Gasteiger partial charge >= 0.3 is 5.97 Å². The lowest BCUT2D eigenvalue weighted by atomic mass is 10.0. The SMILES string of the molecule is CCOC(=O)C(=CNC1CC1)C(=O)c1cc(Br)c(F)c(Cl)c1F. The van der Waals surface area contributed by atoms with Crippen LogP contribution in [0, 0.1) is 11.6 Å². The van der Waals surface area contributed by atoms with Gasteiger partial charge in [0.05, 0.1) is 16.6 Å². The molecule has 1 N–H and O–H groups in total. The van der Waals surface area contributed by atoms with Gasteiger partial charge in [-0.05, 0) is 41.8 Å². The minimum absolute atomic E-state index is 0.0588. The van der Waals surface area contributed by atoms with Gasteiger partial charge in [-0.25, -0.2) is 13.6 Å². The average molecular weight is 409 g/mol. The van der Waals surface area contributed by atoms with Crippen molar-refractivity contribution < 1.29 is 23.1 Å². The standard InChI is InChI=1S/C15H13BrClF2NO3/c1-2-23-15(22)9(6-20-7-3-4-7)14(21)8-5-10(16)13(19)11(17)12(8)18/h5-7,20H,2-4H2,1H3. The maximum Gasteiger partial charge on any atom is 0.343 e. The third-order valence-corrected chi connectivity index (χ3v) is 4.04. The molecular weight excluding hydrogens is 396 g/mol. The first-order valence-corrected chi connectivity index (χ1v) is 8.04. The lowest BCUT2D eigenvalue weighted by Gasteiger charge is -2.10. The molecule has 0 saturated heterocycles. The number of nitrogens with one attached hydrogen (secondary N) is 1. The predicted molar refractivity (Wildman–Crippen MR) is 84.3 cm³/mol. The van der Waals surface area contributed by atoms with Crippen LogP contribution in [0.5, 0.6) is 0 Å². The number of Topliss-reactive ketones (excluding diaryl/α,β-unsaturated/α-hetero) is 1. The Balaban J connectivity index is 2.40. The Bertz CT molecular complexity index is 690. The molecule has 1 aliphatic rings. The highest BCUT2D eigenvalue weighted by atomic mass is 79.9. The number of ether oxygens (including phenoxy) is 1. The molecule has 0 bridgehead atoms. The summed E-state index contributed by atoms with van der Waals surface area (Å²) < 4.78 is 32.3. The second kappa shape index (κ2) is 7.40. The van der Waals surface area contributed by atoms with E-state index in [-0.39, 0.29) is 22.7 Å². The van der Waals surface area contributed by atoms with E-state index in [1.807, 2.05) is 0 Å². The van der Waals surface area contributed by atoms with Crippen LogP contribution in [0.3, 0.4) is 0 Å². The summed E-state index contributed by atoms with van der Waals surface area (Å²) in [6.45, 7) is 1.64. The van der Waals surface area contributed by atoms with Crippen molar-refractivity contribution >= 4 is 39.3 Å². The highest BCUT2D eigenvalue weighted by Crippen LogP contribution is 2.30. The van der Waals surface area contributed by atoms with Crippen molar-refractivity contribution in [3.8, 4) is 0 Å². The van der Waals surface area contributed by atoms with Crippen molar-refractivity contribution in [2.45, 2.75) is 25.8 Å². The Hall–Kier alpha value is -1.47. The summed E-state index contributed by atoms with van der Waals surface area (Å²) in [5.74, 6) is -4.06. The Labute approximate surface area is 145 Å². The Morgan fingerprint density at radius 3 is 2.65 bits per heavy atom. The van der Waals surface area contributed by atoms with Gasteiger partial charge in [-0.2, -0.15) is 0 Å². The van der Waals surface area contributed by atoms with E-state index in [1.165, 1.54) is 6.20 Å². The third-order valence-electron chi connectivity index (χ3n) is 3.13. The number of carbonyl (C=O) groups is 2. The summed E-state index contributed by atoms with van der Waals surface area (Å²) in [5, 5.41) is 2.06. The number of ketones is 1. The lowest BCUT2D eigenvalue weighted by Crippen LogP contribution is -2.21. The second-order valence-corrected chi connectivity index (χ2v) is 6.13. The van der Waals surface area contributed by atoms with Crippen LogP contribution in [-0.4, -0.2) is 24.4 Å². The molecule has 124 valence electrons. The number of halogens is 4. The van der Waals surface area contributed by atoms with Crippen LogP contribution in [0.1, 0.15) is 30.1 Å². The number of rotatable bonds is 6. The number of hydrogen-bond acceptors (Lipinski definition) is 4. The molecule has 0 aromatic heterocycles. The zero-order valence-electron chi connectivity index (χ0n) is 12.1. The van der Waals surface area contributed by atoms with Crippen LogP contribution in [0.25, 0.3) is 0 Å². The molecule has 0 heterocycles. The zero-order chi connectivity index (χ0) is 17.1. The van der Waals surface area contributed by atoms with Gasteiger partial charge in [0.1, 0.15) is 10.6 Å². The monoisotopic (exact) mass is 407 g/mol. The van der Waals surface area contributed by atoms with Gasteiger partial charge in [0.25, 0.3) is 0 Å². The van der Waals surface area contributed by atoms with Crippen molar-refractivity contribution in [1.29, 1.82) is 0 Å². The lowest BCUT2D eigenvalue weighted by molar-refractivity contribution is -0.138. The fourth-order valence-electron chi connectivity index (χ4n) is 1.76. The Morgan fingerprint density at radius 1 is 1.43 bits per heavy atom. The van der Waals surface area contributed by atoms with Crippen LogP contribution in [-0.2, 0) is 9.53 Å². The molecule has 0 radical (unpaired) electrons. The zero-order valence-corrected chi connectivity index (χ0v) is 14.4. The van der Waals surface area contributed by atoms with E-state index in [4.69, 9.17) is 16.3 Å². The van der Waals surface area contributed by atoms with Gasteiger partial charge in [-0.3, -0.25) is 4.79 Å². The van der Waals surface area contributed by atoms with Crippen molar-refractivity contribution in [2.24, 2.45) is 0 Å². The molecular formula is C15H13BrClF2NO3. The van der Waals surface area contributed by atoms with Crippen LogP contribution in [0.4, 0.5) is 8.78 Å². The largest absolute Gasteiger partial charge is 0.462 e. The summed E-state index contributed by atoms with van der Waals surface area (Å²) in [5.41, 5.74) is -0.882. The van der Waals surface area contributed by atoms with Crippen LogP contribution in [0.15, 0.2) is 22.3 Å². The van der Waals surface area contributed by atoms with Crippen molar-refractivity contribution in [3.63, 3.8) is 0 Å². The molecule has 0 aliphatic heterocycles. The van der Waals surface area contributed by atoms with Crippen LogP contribution < -0.4 is 5.32 Å². The molecule has 1 aliphatic carbocycles. The van der Waals surface area contributed by atoms with Crippen molar-refractivity contribution in [2.75, 3.05) is 6.61 Å². The fraction of sp³-hybridized carbons (Fsp3) is 0.333. The van der Waals surface area contributed by atoms with Crippen molar-refractivity contribution in [3.05, 3.63) is 44.5 Å². The van der Waals surface area contributed by atoms with Gasteiger partial charge in [0, 0.05) is 12.2 Å². The highest BCUT2D eigenvalue weighted by Gasteiger charge is 2.28. The molecule has 8 heteroatoms. The van der Waals surface area contributed by atoms with Gasteiger partial charge in [0.15, 0.2) is 11.6 Å². The molecule has 23 heavy (non-hydrogen) atoms. The van der Waals surface area contributed by atoms with Crippen LogP contribution >= 0.6 is 27.5 Å². The van der Waals surface area contributed by atoms with E-state index in [9.17, 15) is 18.4 Å². The summed E-state index contributed by atoms with van der Waals surface area (Å²) >= 11 is 8.39. The summed E-state index contributed by atoms with van der Waals surface area (Å²) in [6, 6.07) is 1.13. The first kappa shape index (κ1) is 17.9. The van der Waals surface area contributed by atoms with Gasteiger partial charge in [-0.15, -0.1) is 0 Å². The summed E-state index contributed by atoms with van der Waals surface area (Å²) in [6.07, 6.45) is 3.05. The first-order chi connectivity index (χ1) is 10.9. The van der Waals surface area contributed by atoms with E-state index in [0.29, 0.717) is 0 Å².